The van der Waals surface area contributed by atoms with Crippen molar-refractivity contribution in [2.75, 3.05) is 7.11 Å². The maximum Gasteiger partial charge on any atom is 0.323 e. The fraction of sp³-hybridized carbons (Fsp3) is 0.667. The minimum Gasteiger partial charge on any atom is -0.468 e. The molecule has 1 unspecified atom stereocenters. The number of methoxy groups -OCH3 is 1. The zero-order chi connectivity index (χ0) is 9.84. The van der Waals surface area contributed by atoms with Crippen LogP contribution < -0.4 is 5.73 Å². The lowest BCUT2D eigenvalue weighted by Gasteiger charge is -2.06. The van der Waals surface area contributed by atoms with Crippen molar-refractivity contribution in [1.29, 1.82) is 0 Å². The molecule has 2 N–H and O–H groups in total. The minimum atomic E-state index is -0.713. The number of hydrogen-bond acceptors (Lipinski definition) is 6. The predicted octanol–water partition coefficient (Wildman–Crippen LogP) is -1.75. The Morgan fingerprint density at radius 2 is 2.46 bits per heavy atom. The number of nitrogens with two attached hydrogens (primary N) is 1. The van der Waals surface area contributed by atoms with Gasteiger partial charge in [0.05, 0.1) is 7.11 Å². The summed E-state index contributed by atoms with van der Waals surface area (Å²) in [6, 6.07) is -0.713. The van der Waals surface area contributed by atoms with E-state index in [0.29, 0.717) is 5.82 Å². The summed E-state index contributed by atoms with van der Waals surface area (Å²) in [5.41, 5.74) is 5.50. The molecule has 0 aliphatic heterocycles. The van der Waals surface area contributed by atoms with E-state index in [1.807, 2.05) is 0 Å². The molecular formula is C6H11N5O2. The van der Waals surface area contributed by atoms with Crippen LogP contribution in [0.1, 0.15) is 5.82 Å². The van der Waals surface area contributed by atoms with E-state index in [-0.39, 0.29) is 6.42 Å². The second-order valence-corrected chi connectivity index (χ2v) is 2.55. The molecule has 1 aromatic rings. The van der Waals surface area contributed by atoms with Crippen LogP contribution in [0.15, 0.2) is 0 Å². The van der Waals surface area contributed by atoms with Crippen molar-refractivity contribution in [2.45, 2.75) is 12.5 Å². The van der Waals surface area contributed by atoms with Gasteiger partial charge in [-0.3, -0.25) is 4.79 Å². The van der Waals surface area contributed by atoms with Gasteiger partial charge in [-0.25, -0.2) is 4.68 Å². The normalized spacial score (nSPS) is 12.5. The van der Waals surface area contributed by atoms with Crippen LogP contribution in [0.2, 0.25) is 0 Å². The standard InChI is InChI=1S/C6H11N5O2/c1-11-5(8-9-10-11)3-4(7)6(12)13-2/h4H,3,7H2,1-2H3. The molecule has 0 saturated carbocycles. The van der Waals surface area contributed by atoms with Gasteiger partial charge < -0.3 is 10.5 Å². The first-order chi connectivity index (χ1) is 6.15. The third kappa shape index (κ3) is 2.22. The van der Waals surface area contributed by atoms with Crippen molar-refractivity contribution >= 4 is 5.97 Å². The van der Waals surface area contributed by atoms with Crippen LogP contribution in [0.25, 0.3) is 0 Å². The Morgan fingerprint density at radius 3 is 2.92 bits per heavy atom. The summed E-state index contributed by atoms with van der Waals surface area (Å²) < 4.78 is 5.92. The Hall–Kier alpha value is -1.50. The van der Waals surface area contributed by atoms with E-state index in [4.69, 9.17) is 5.73 Å². The summed E-state index contributed by atoms with van der Waals surface area (Å²) >= 11 is 0. The number of carbonyl (C=O) groups is 1. The molecular weight excluding hydrogens is 174 g/mol. The van der Waals surface area contributed by atoms with Crippen molar-refractivity contribution in [3.63, 3.8) is 0 Å². The van der Waals surface area contributed by atoms with E-state index in [1.54, 1.807) is 7.05 Å². The Balaban J connectivity index is 2.59. The Labute approximate surface area is 74.9 Å². The molecule has 0 saturated heterocycles. The molecule has 0 fully saturated rings. The second kappa shape index (κ2) is 3.94. The van der Waals surface area contributed by atoms with Gasteiger partial charge in [0.25, 0.3) is 0 Å². The second-order valence-electron chi connectivity index (χ2n) is 2.55. The van der Waals surface area contributed by atoms with Crippen molar-refractivity contribution in [3.8, 4) is 0 Å². The molecule has 0 aliphatic carbocycles. The highest BCUT2D eigenvalue weighted by molar-refractivity contribution is 5.75. The average Bonchev–Trinajstić information content (AvgIpc) is 2.50. The molecule has 0 amide bonds. The summed E-state index contributed by atoms with van der Waals surface area (Å²) in [6.45, 7) is 0. The molecule has 7 heteroatoms. The third-order valence-corrected chi connectivity index (χ3v) is 1.61. The van der Waals surface area contributed by atoms with Crippen molar-refractivity contribution in [1.82, 2.24) is 20.2 Å². The van der Waals surface area contributed by atoms with Gasteiger partial charge in [-0.1, -0.05) is 0 Å². The molecule has 1 aromatic heterocycles. The largest absolute Gasteiger partial charge is 0.468 e. The topological polar surface area (TPSA) is 95.9 Å². The highest BCUT2D eigenvalue weighted by Gasteiger charge is 2.17. The number of carbonyl (C=O) groups excluding carboxylic acids is 1. The van der Waals surface area contributed by atoms with E-state index >= 15 is 0 Å². The molecule has 1 atom stereocenters. The first-order valence-corrected chi connectivity index (χ1v) is 3.69. The quantitative estimate of drug-likeness (QED) is 0.561. The lowest BCUT2D eigenvalue weighted by atomic mass is 10.2. The van der Waals surface area contributed by atoms with Crippen molar-refractivity contribution in [3.05, 3.63) is 5.82 Å². The van der Waals surface area contributed by atoms with Gasteiger partial charge in [0.1, 0.15) is 6.04 Å². The SMILES string of the molecule is COC(=O)C(N)Cc1nnnn1C. The van der Waals surface area contributed by atoms with E-state index in [1.165, 1.54) is 11.8 Å². The number of rotatable bonds is 3. The van der Waals surface area contributed by atoms with Crippen molar-refractivity contribution in [2.24, 2.45) is 12.8 Å². The number of tetrazole rings is 1. The van der Waals surface area contributed by atoms with Crippen LogP contribution in [0.5, 0.6) is 0 Å². The number of ether oxygens (including phenoxy) is 1. The monoisotopic (exact) mass is 185 g/mol. The first-order valence-electron chi connectivity index (χ1n) is 3.69. The molecule has 1 rings (SSSR count). The molecule has 13 heavy (non-hydrogen) atoms. The van der Waals surface area contributed by atoms with Crippen LogP contribution in [0.3, 0.4) is 0 Å². The Kier molecular flexibility index (Phi) is 2.91. The van der Waals surface area contributed by atoms with Gasteiger partial charge in [-0.15, -0.1) is 5.10 Å². The number of aromatic nitrogens is 4. The molecule has 0 spiro atoms. The van der Waals surface area contributed by atoms with Gasteiger partial charge in [0.2, 0.25) is 0 Å². The number of aryl methyl sites for hydroxylation is 1. The summed E-state index contributed by atoms with van der Waals surface area (Å²) in [6.07, 6.45) is 0.274. The van der Waals surface area contributed by atoms with Gasteiger partial charge >= 0.3 is 5.97 Å². The predicted molar refractivity (Wildman–Crippen MR) is 42.5 cm³/mol. The lowest BCUT2D eigenvalue weighted by molar-refractivity contribution is -0.142. The number of hydrogen-bond donors (Lipinski definition) is 1. The molecule has 0 radical (unpaired) electrons. The summed E-state index contributed by atoms with van der Waals surface area (Å²) in [4.78, 5) is 10.9. The van der Waals surface area contributed by atoms with Gasteiger partial charge in [-0.2, -0.15) is 0 Å². The zero-order valence-electron chi connectivity index (χ0n) is 7.47. The first kappa shape index (κ1) is 9.59. The van der Waals surface area contributed by atoms with Crippen LogP contribution in [0.4, 0.5) is 0 Å². The smallest absolute Gasteiger partial charge is 0.323 e. The number of esters is 1. The fourth-order valence-corrected chi connectivity index (χ4v) is 0.852. The van der Waals surface area contributed by atoms with Crippen LogP contribution in [-0.2, 0) is 23.0 Å². The summed E-state index contributed by atoms with van der Waals surface area (Å²) in [5.74, 6) is 0.0842. The highest BCUT2D eigenvalue weighted by atomic mass is 16.5. The average molecular weight is 185 g/mol. The maximum atomic E-state index is 10.9. The highest BCUT2D eigenvalue weighted by Crippen LogP contribution is 1.95. The molecule has 72 valence electrons. The van der Waals surface area contributed by atoms with Gasteiger partial charge in [0.15, 0.2) is 5.82 Å². The fourth-order valence-electron chi connectivity index (χ4n) is 0.852. The molecule has 0 bridgehead atoms. The van der Waals surface area contributed by atoms with Crippen molar-refractivity contribution < 1.29 is 9.53 Å². The van der Waals surface area contributed by atoms with Crippen LogP contribution in [0, 0.1) is 0 Å². The molecule has 0 aliphatic rings. The summed E-state index contributed by atoms with van der Waals surface area (Å²) in [7, 11) is 2.97. The van der Waals surface area contributed by atoms with Gasteiger partial charge in [0, 0.05) is 13.5 Å². The Morgan fingerprint density at radius 1 is 1.77 bits per heavy atom. The van der Waals surface area contributed by atoms with Crippen LogP contribution in [-0.4, -0.2) is 39.3 Å². The van der Waals surface area contributed by atoms with E-state index in [0.717, 1.165) is 0 Å². The zero-order valence-corrected chi connectivity index (χ0v) is 7.47. The van der Waals surface area contributed by atoms with E-state index < -0.39 is 12.0 Å². The Bertz CT molecular complexity index is 297. The summed E-state index contributed by atoms with van der Waals surface area (Å²) in [5, 5.41) is 10.7. The van der Waals surface area contributed by atoms with E-state index in [2.05, 4.69) is 20.3 Å². The molecule has 0 aromatic carbocycles. The molecule has 1 heterocycles. The third-order valence-electron chi connectivity index (χ3n) is 1.61. The minimum absolute atomic E-state index is 0.274. The lowest BCUT2D eigenvalue weighted by Crippen LogP contribution is -2.34. The van der Waals surface area contributed by atoms with Gasteiger partial charge in [-0.05, 0) is 10.4 Å². The number of nitrogens with zero attached hydrogens (tertiary/aromatic N) is 4. The van der Waals surface area contributed by atoms with Crippen LogP contribution >= 0.6 is 0 Å². The maximum absolute atomic E-state index is 10.9. The molecule has 7 nitrogen and oxygen atoms in total. The van der Waals surface area contributed by atoms with E-state index in [9.17, 15) is 4.79 Å².